The number of carbonyl (C=O) groups is 1. The van der Waals surface area contributed by atoms with E-state index in [4.69, 9.17) is 9.47 Å². The minimum absolute atomic E-state index is 0.126. The van der Waals surface area contributed by atoms with E-state index in [2.05, 4.69) is 36.7 Å². The van der Waals surface area contributed by atoms with Crippen LogP contribution < -0.4 is 0 Å². The van der Waals surface area contributed by atoms with E-state index in [1.807, 2.05) is 0 Å². The van der Waals surface area contributed by atoms with Gasteiger partial charge >= 0.3 is 5.97 Å². The van der Waals surface area contributed by atoms with Crippen molar-refractivity contribution in [1.82, 2.24) is 0 Å². The van der Waals surface area contributed by atoms with Crippen LogP contribution in [0.1, 0.15) is 40.0 Å². The Kier molecular flexibility index (Phi) is 3.22. The van der Waals surface area contributed by atoms with Crippen LogP contribution in [0, 0.1) is 11.3 Å². The van der Waals surface area contributed by atoms with Gasteiger partial charge in [0.15, 0.2) is 0 Å². The second kappa shape index (κ2) is 4.47. The van der Waals surface area contributed by atoms with Gasteiger partial charge < -0.3 is 14.6 Å². The van der Waals surface area contributed by atoms with Gasteiger partial charge in [0, 0.05) is 10.4 Å². The Bertz CT molecular complexity index is 484. The summed E-state index contributed by atoms with van der Waals surface area (Å²) in [5, 5.41) is 9.83. The van der Waals surface area contributed by atoms with E-state index in [9.17, 15) is 9.90 Å². The topological polar surface area (TPSA) is 55.8 Å². The van der Waals surface area contributed by atoms with Crippen LogP contribution >= 0.6 is 15.9 Å². The Morgan fingerprint density at radius 1 is 1.35 bits per heavy atom. The van der Waals surface area contributed by atoms with E-state index in [1.54, 1.807) is 0 Å². The van der Waals surface area contributed by atoms with Crippen molar-refractivity contribution in [3.8, 4) is 0 Å². The van der Waals surface area contributed by atoms with Crippen LogP contribution in [0.25, 0.3) is 0 Å². The van der Waals surface area contributed by atoms with Crippen LogP contribution in [0.5, 0.6) is 0 Å². The van der Waals surface area contributed by atoms with Gasteiger partial charge in [-0.1, -0.05) is 29.8 Å². The predicted octanol–water partition coefficient (Wildman–Crippen LogP) is 3.10. The number of aliphatic hydroxyl groups excluding tert-OH is 1. The zero-order valence-electron chi connectivity index (χ0n) is 12.1. The first-order valence-corrected chi connectivity index (χ1v) is 8.08. The highest BCUT2D eigenvalue weighted by molar-refractivity contribution is 9.09. The maximum Gasteiger partial charge on any atom is 0.373 e. The maximum absolute atomic E-state index is 11.3. The van der Waals surface area contributed by atoms with Crippen LogP contribution in [0.4, 0.5) is 0 Å². The fraction of sp³-hybridized carbons (Fsp3) is 0.800. The first-order chi connectivity index (χ1) is 9.25. The number of esters is 1. The molecule has 0 radical (unpaired) electrons. The molecule has 0 amide bonds. The third-order valence-corrected chi connectivity index (χ3v) is 7.08. The Balaban J connectivity index is 1.89. The number of rotatable bonds is 1. The van der Waals surface area contributed by atoms with Gasteiger partial charge in [-0.25, -0.2) is 4.79 Å². The largest absolute Gasteiger partial charge is 0.502 e. The molecule has 112 valence electrons. The summed E-state index contributed by atoms with van der Waals surface area (Å²) in [5.41, 5.74) is 0.561. The number of aliphatic hydroxyl groups is 1. The normalized spacial score (nSPS) is 43.6. The second-order valence-corrected chi connectivity index (χ2v) is 8.09. The summed E-state index contributed by atoms with van der Waals surface area (Å²) in [6, 6.07) is 0. The molecular formula is C15H21BrO4. The zero-order valence-corrected chi connectivity index (χ0v) is 13.7. The molecule has 2 heterocycles. The molecule has 0 aromatic rings. The number of halogens is 1. The van der Waals surface area contributed by atoms with Crippen molar-refractivity contribution in [1.29, 1.82) is 0 Å². The summed E-state index contributed by atoms with van der Waals surface area (Å²) in [4.78, 5) is 11.8. The Hall–Kier alpha value is -0.550. The molecule has 1 saturated carbocycles. The van der Waals surface area contributed by atoms with Crippen molar-refractivity contribution in [2.24, 2.45) is 11.3 Å². The molecule has 20 heavy (non-hydrogen) atoms. The highest BCUT2D eigenvalue weighted by atomic mass is 79.9. The summed E-state index contributed by atoms with van der Waals surface area (Å²) in [6.45, 7) is 6.86. The van der Waals surface area contributed by atoms with Gasteiger partial charge in [0.05, 0.1) is 11.7 Å². The van der Waals surface area contributed by atoms with Crippen molar-refractivity contribution < 1.29 is 19.4 Å². The summed E-state index contributed by atoms with van der Waals surface area (Å²) >= 11 is 3.80. The van der Waals surface area contributed by atoms with Gasteiger partial charge in [-0.05, 0) is 37.5 Å². The van der Waals surface area contributed by atoms with Gasteiger partial charge in [0.1, 0.15) is 6.61 Å². The SMILES string of the molecule is CC1(C)[C@@H](Br)CC[C@]2(C)O[C@H](C3=C(O)C(=O)OC3)C[C@@H]12. The van der Waals surface area contributed by atoms with Crippen LogP contribution in [0.3, 0.4) is 0 Å². The molecule has 3 rings (SSSR count). The summed E-state index contributed by atoms with van der Waals surface area (Å²) in [5.74, 6) is -0.471. The molecule has 0 aromatic carbocycles. The molecule has 0 unspecified atom stereocenters. The molecule has 0 spiro atoms. The zero-order chi connectivity index (χ0) is 14.7. The number of hydrogen-bond donors (Lipinski definition) is 1. The van der Waals surface area contributed by atoms with Crippen molar-refractivity contribution >= 4 is 21.9 Å². The molecular weight excluding hydrogens is 324 g/mol. The molecule has 2 aliphatic heterocycles. The molecule has 0 bridgehead atoms. The standard InChI is InChI=1S/C15H21BrO4/c1-14(2)10-6-9(8-7-19-13(18)12(8)17)20-15(10,3)5-4-11(14)16/h9-11,17H,4-7H2,1-3H3/t9-,10-,11-,15-/m0/s1. The average molecular weight is 345 g/mol. The monoisotopic (exact) mass is 344 g/mol. The molecule has 2 fully saturated rings. The first-order valence-electron chi connectivity index (χ1n) is 7.17. The van der Waals surface area contributed by atoms with Crippen LogP contribution in [0.2, 0.25) is 0 Å². The van der Waals surface area contributed by atoms with Crippen LogP contribution in [-0.2, 0) is 14.3 Å². The van der Waals surface area contributed by atoms with Crippen molar-refractivity contribution in [2.45, 2.75) is 56.6 Å². The molecule has 4 nitrogen and oxygen atoms in total. The highest BCUT2D eigenvalue weighted by Crippen LogP contribution is 2.57. The number of fused-ring (bicyclic) bond motifs is 1. The summed E-state index contributed by atoms with van der Waals surface area (Å²) in [7, 11) is 0. The van der Waals surface area contributed by atoms with Gasteiger partial charge in [0.25, 0.3) is 0 Å². The molecule has 5 heteroatoms. The molecule has 1 saturated heterocycles. The minimum atomic E-state index is -0.624. The lowest BCUT2D eigenvalue weighted by molar-refractivity contribution is -0.138. The highest BCUT2D eigenvalue weighted by Gasteiger charge is 2.57. The van der Waals surface area contributed by atoms with Crippen LogP contribution in [0.15, 0.2) is 11.3 Å². The first kappa shape index (κ1) is 14.4. The lowest BCUT2D eigenvalue weighted by Gasteiger charge is -2.48. The number of carbonyl (C=O) groups excluding carboxylic acids is 1. The molecule has 1 N–H and O–H groups in total. The Labute approximate surface area is 127 Å². The number of cyclic esters (lactones) is 1. The van der Waals surface area contributed by atoms with Crippen molar-refractivity contribution in [3.05, 3.63) is 11.3 Å². The smallest absolute Gasteiger partial charge is 0.373 e. The molecule has 1 aliphatic carbocycles. The lowest BCUT2D eigenvalue weighted by Crippen LogP contribution is -2.49. The van der Waals surface area contributed by atoms with Crippen molar-refractivity contribution in [2.75, 3.05) is 6.61 Å². The predicted molar refractivity (Wildman–Crippen MR) is 77.7 cm³/mol. The van der Waals surface area contributed by atoms with Crippen LogP contribution in [-0.4, -0.2) is 34.2 Å². The fourth-order valence-electron chi connectivity index (χ4n) is 4.12. The molecule has 3 aliphatic rings. The fourth-order valence-corrected chi connectivity index (χ4v) is 4.66. The quantitative estimate of drug-likeness (QED) is 0.586. The van der Waals surface area contributed by atoms with Gasteiger partial charge in [-0.15, -0.1) is 0 Å². The van der Waals surface area contributed by atoms with Gasteiger partial charge in [0.2, 0.25) is 5.76 Å². The second-order valence-electron chi connectivity index (χ2n) is 6.99. The van der Waals surface area contributed by atoms with E-state index in [0.717, 1.165) is 19.3 Å². The van der Waals surface area contributed by atoms with Gasteiger partial charge in [-0.3, -0.25) is 0 Å². The number of alkyl halides is 1. The van der Waals surface area contributed by atoms with E-state index in [-0.39, 0.29) is 29.5 Å². The van der Waals surface area contributed by atoms with Crippen molar-refractivity contribution in [3.63, 3.8) is 0 Å². The third kappa shape index (κ3) is 1.93. The Morgan fingerprint density at radius 3 is 2.65 bits per heavy atom. The molecule has 4 atom stereocenters. The summed E-state index contributed by atoms with van der Waals surface area (Å²) < 4.78 is 11.2. The number of hydrogen-bond acceptors (Lipinski definition) is 4. The maximum atomic E-state index is 11.3. The average Bonchev–Trinajstić information content (AvgIpc) is 2.89. The molecule has 0 aromatic heterocycles. The summed E-state index contributed by atoms with van der Waals surface area (Å²) in [6.07, 6.45) is 2.71. The number of ether oxygens (including phenoxy) is 2. The Morgan fingerprint density at radius 2 is 2.05 bits per heavy atom. The van der Waals surface area contributed by atoms with E-state index in [0.29, 0.717) is 16.3 Å². The lowest BCUT2D eigenvalue weighted by atomic mass is 9.61. The van der Waals surface area contributed by atoms with E-state index < -0.39 is 5.97 Å². The van der Waals surface area contributed by atoms with Gasteiger partial charge in [-0.2, -0.15) is 0 Å². The third-order valence-electron chi connectivity index (χ3n) is 5.44. The van der Waals surface area contributed by atoms with E-state index in [1.165, 1.54) is 0 Å². The minimum Gasteiger partial charge on any atom is -0.502 e. The van der Waals surface area contributed by atoms with E-state index >= 15 is 0 Å².